The number of amides is 1. The normalized spacial score (nSPS) is 10.1. The Labute approximate surface area is 122 Å². The van der Waals surface area contributed by atoms with Crippen LogP contribution in [0.4, 0.5) is 0 Å². The maximum atomic E-state index is 12.0. The van der Waals surface area contributed by atoms with Gasteiger partial charge >= 0.3 is 0 Å². The van der Waals surface area contributed by atoms with Crippen LogP contribution in [0.1, 0.15) is 15.2 Å². The lowest BCUT2D eigenvalue weighted by atomic mass is 10.2. The zero-order valence-electron chi connectivity index (χ0n) is 11.5. The van der Waals surface area contributed by atoms with E-state index in [-0.39, 0.29) is 5.91 Å². The average molecular weight is 291 g/mol. The highest BCUT2D eigenvalue weighted by atomic mass is 32.1. The van der Waals surface area contributed by atoms with Gasteiger partial charge in [0.15, 0.2) is 11.5 Å². The van der Waals surface area contributed by atoms with Crippen molar-refractivity contribution < 1.29 is 14.3 Å². The summed E-state index contributed by atoms with van der Waals surface area (Å²) in [6, 6.07) is 9.21. The number of hydrogen-bond donors (Lipinski definition) is 1. The number of carbonyl (C=O) groups excluding carboxylic acids is 1. The molecule has 0 saturated heterocycles. The van der Waals surface area contributed by atoms with Crippen LogP contribution in [0.2, 0.25) is 0 Å². The lowest BCUT2D eigenvalue weighted by Gasteiger charge is -2.09. The van der Waals surface area contributed by atoms with Crippen molar-refractivity contribution in [2.75, 3.05) is 20.8 Å². The molecule has 2 rings (SSSR count). The average Bonchev–Trinajstić information content (AvgIpc) is 2.99. The second-order valence-electron chi connectivity index (χ2n) is 4.16. The molecule has 1 amide bonds. The Morgan fingerprint density at radius 1 is 1.20 bits per heavy atom. The molecule has 0 aliphatic rings. The Morgan fingerprint density at radius 2 is 2.00 bits per heavy atom. The van der Waals surface area contributed by atoms with Crippen LogP contribution in [0.5, 0.6) is 11.5 Å². The molecular weight excluding hydrogens is 274 g/mol. The highest BCUT2D eigenvalue weighted by Gasteiger charge is 2.10. The van der Waals surface area contributed by atoms with Crippen molar-refractivity contribution in [3.05, 3.63) is 46.2 Å². The number of rotatable bonds is 6. The number of hydrogen-bond acceptors (Lipinski definition) is 4. The second-order valence-corrected chi connectivity index (χ2v) is 5.19. The van der Waals surface area contributed by atoms with Crippen molar-refractivity contribution in [3.8, 4) is 11.5 Å². The van der Waals surface area contributed by atoms with Gasteiger partial charge in [-0.15, -0.1) is 11.3 Å². The summed E-state index contributed by atoms with van der Waals surface area (Å²) in [6.45, 7) is 0.619. The number of carbonyl (C=O) groups is 1. The highest BCUT2D eigenvalue weighted by molar-refractivity contribution is 7.09. The van der Waals surface area contributed by atoms with Crippen LogP contribution in [0.3, 0.4) is 0 Å². The zero-order valence-corrected chi connectivity index (χ0v) is 12.3. The van der Waals surface area contributed by atoms with Crippen molar-refractivity contribution in [2.24, 2.45) is 0 Å². The number of ether oxygens (including phenoxy) is 2. The zero-order chi connectivity index (χ0) is 14.4. The molecule has 0 fully saturated rings. The van der Waals surface area contributed by atoms with E-state index in [4.69, 9.17) is 9.47 Å². The fourth-order valence-electron chi connectivity index (χ4n) is 1.83. The molecule has 1 aromatic heterocycles. The van der Waals surface area contributed by atoms with Crippen LogP contribution in [0.15, 0.2) is 35.7 Å². The molecule has 2 aromatic rings. The van der Waals surface area contributed by atoms with Crippen LogP contribution >= 0.6 is 11.3 Å². The van der Waals surface area contributed by atoms with Crippen LogP contribution in [-0.2, 0) is 6.42 Å². The third-order valence-electron chi connectivity index (χ3n) is 2.88. The fourth-order valence-corrected chi connectivity index (χ4v) is 2.54. The Kier molecular flexibility index (Phi) is 5.01. The topological polar surface area (TPSA) is 47.6 Å². The van der Waals surface area contributed by atoms with Gasteiger partial charge in [-0.1, -0.05) is 6.07 Å². The SMILES string of the molecule is COc1ccc(C(=O)NCCc2cccs2)cc1OC. The quantitative estimate of drug-likeness (QED) is 0.890. The van der Waals surface area contributed by atoms with E-state index in [1.165, 1.54) is 4.88 Å². The maximum absolute atomic E-state index is 12.0. The van der Waals surface area contributed by atoms with E-state index in [0.29, 0.717) is 23.6 Å². The highest BCUT2D eigenvalue weighted by Crippen LogP contribution is 2.27. The largest absolute Gasteiger partial charge is 0.493 e. The predicted octanol–water partition coefficient (Wildman–Crippen LogP) is 2.74. The lowest BCUT2D eigenvalue weighted by Crippen LogP contribution is -2.25. The summed E-state index contributed by atoms with van der Waals surface area (Å²) >= 11 is 1.69. The summed E-state index contributed by atoms with van der Waals surface area (Å²) in [5, 5.41) is 4.93. The van der Waals surface area contributed by atoms with Gasteiger partial charge in [-0.2, -0.15) is 0 Å². The summed E-state index contributed by atoms with van der Waals surface area (Å²) in [7, 11) is 3.12. The molecule has 5 heteroatoms. The first-order valence-electron chi connectivity index (χ1n) is 6.27. The third kappa shape index (κ3) is 3.51. The summed E-state index contributed by atoms with van der Waals surface area (Å²) < 4.78 is 10.3. The van der Waals surface area contributed by atoms with Gasteiger partial charge < -0.3 is 14.8 Å². The van der Waals surface area contributed by atoms with Crippen LogP contribution < -0.4 is 14.8 Å². The molecule has 1 N–H and O–H groups in total. The summed E-state index contributed by atoms with van der Waals surface area (Å²) in [5.41, 5.74) is 0.564. The Balaban J connectivity index is 1.95. The molecular formula is C15H17NO3S. The Morgan fingerprint density at radius 3 is 2.65 bits per heavy atom. The third-order valence-corrected chi connectivity index (χ3v) is 3.82. The number of benzene rings is 1. The van der Waals surface area contributed by atoms with E-state index in [0.717, 1.165) is 6.42 Å². The minimum absolute atomic E-state index is 0.109. The first-order chi connectivity index (χ1) is 9.74. The summed E-state index contributed by atoms with van der Waals surface area (Å²) in [6.07, 6.45) is 0.844. The van der Waals surface area contributed by atoms with E-state index >= 15 is 0 Å². The molecule has 1 aromatic carbocycles. The Hall–Kier alpha value is -2.01. The first kappa shape index (κ1) is 14.4. The van der Waals surface area contributed by atoms with Gasteiger partial charge in [0.1, 0.15) is 0 Å². The molecule has 0 aliphatic carbocycles. The maximum Gasteiger partial charge on any atom is 0.251 e. The van der Waals surface area contributed by atoms with Gasteiger partial charge in [0, 0.05) is 17.0 Å². The van der Waals surface area contributed by atoms with E-state index < -0.39 is 0 Å². The van der Waals surface area contributed by atoms with Gasteiger partial charge in [0.25, 0.3) is 5.91 Å². The van der Waals surface area contributed by atoms with E-state index in [2.05, 4.69) is 11.4 Å². The van der Waals surface area contributed by atoms with Gasteiger partial charge in [-0.25, -0.2) is 0 Å². The molecule has 0 unspecified atom stereocenters. The van der Waals surface area contributed by atoms with Crippen LogP contribution in [0.25, 0.3) is 0 Å². The lowest BCUT2D eigenvalue weighted by molar-refractivity contribution is 0.0954. The molecule has 0 saturated carbocycles. The van der Waals surface area contributed by atoms with E-state index in [1.807, 2.05) is 11.4 Å². The summed E-state index contributed by atoms with van der Waals surface area (Å²) in [4.78, 5) is 13.3. The van der Waals surface area contributed by atoms with Gasteiger partial charge in [-0.05, 0) is 36.1 Å². The number of nitrogens with one attached hydrogen (secondary N) is 1. The van der Waals surface area contributed by atoms with Crippen molar-refractivity contribution >= 4 is 17.2 Å². The van der Waals surface area contributed by atoms with Gasteiger partial charge in [0.05, 0.1) is 14.2 Å². The summed E-state index contributed by atoms with van der Waals surface area (Å²) in [5.74, 6) is 1.06. The van der Waals surface area contributed by atoms with E-state index in [9.17, 15) is 4.79 Å². The minimum atomic E-state index is -0.109. The number of thiophene rings is 1. The molecule has 4 nitrogen and oxygen atoms in total. The van der Waals surface area contributed by atoms with Crippen molar-refractivity contribution in [1.29, 1.82) is 0 Å². The molecule has 0 aliphatic heterocycles. The van der Waals surface area contributed by atoms with Crippen molar-refractivity contribution in [2.45, 2.75) is 6.42 Å². The molecule has 0 spiro atoms. The van der Waals surface area contributed by atoms with Crippen molar-refractivity contribution in [1.82, 2.24) is 5.32 Å². The Bertz CT molecular complexity index is 567. The van der Waals surface area contributed by atoms with Crippen LogP contribution in [-0.4, -0.2) is 26.7 Å². The first-order valence-corrected chi connectivity index (χ1v) is 7.15. The number of methoxy groups -OCH3 is 2. The smallest absolute Gasteiger partial charge is 0.251 e. The minimum Gasteiger partial charge on any atom is -0.493 e. The monoisotopic (exact) mass is 291 g/mol. The fraction of sp³-hybridized carbons (Fsp3) is 0.267. The molecule has 0 atom stereocenters. The predicted molar refractivity (Wildman–Crippen MR) is 79.9 cm³/mol. The molecule has 106 valence electrons. The van der Waals surface area contributed by atoms with E-state index in [1.54, 1.807) is 43.8 Å². The molecule has 0 radical (unpaired) electrons. The molecule has 20 heavy (non-hydrogen) atoms. The molecule has 0 bridgehead atoms. The molecule has 1 heterocycles. The van der Waals surface area contributed by atoms with Crippen LogP contribution in [0, 0.1) is 0 Å². The van der Waals surface area contributed by atoms with Crippen molar-refractivity contribution in [3.63, 3.8) is 0 Å². The van der Waals surface area contributed by atoms with Gasteiger partial charge in [-0.3, -0.25) is 4.79 Å². The second kappa shape index (κ2) is 6.96. The standard InChI is InChI=1S/C15H17NO3S/c1-18-13-6-5-11(10-14(13)19-2)15(17)16-8-7-12-4-3-9-20-12/h3-6,9-10H,7-8H2,1-2H3,(H,16,17). The van der Waals surface area contributed by atoms with Gasteiger partial charge in [0.2, 0.25) is 0 Å².